The number of aromatic hydroxyl groups is 1. The Morgan fingerprint density at radius 2 is 1.69 bits per heavy atom. The molecule has 4 aromatic carbocycles. The zero-order valence-electron chi connectivity index (χ0n) is 18.5. The van der Waals surface area contributed by atoms with E-state index in [1.807, 2.05) is 24.3 Å². The van der Waals surface area contributed by atoms with Crippen LogP contribution in [0.15, 0.2) is 84.0 Å². The van der Waals surface area contributed by atoms with Crippen molar-refractivity contribution in [2.24, 2.45) is 5.10 Å². The van der Waals surface area contributed by atoms with Crippen LogP contribution in [0.3, 0.4) is 0 Å². The third-order valence-electron chi connectivity index (χ3n) is 5.39. The maximum Gasteiger partial charge on any atom is 0.271 e. The minimum atomic E-state index is -0.482. The van der Waals surface area contributed by atoms with Crippen LogP contribution in [0.5, 0.6) is 5.75 Å². The van der Waals surface area contributed by atoms with E-state index in [0.29, 0.717) is 24.1 Å². The average Bonchev–Trinajstić information content (AvgIpc) is 2.86. The topological polar surface area (TPSA) is 90.8 Å². The summed E-state index contributed by atoms with van der Waals surface area (Å²) in [6.45, 7) is 0.412. The third kappa shape index (κ3) is 5.83. The van der Waals surface area contributed by atoms with Gasteiger partial charge < -0.3 is 10.4 Å². The summed E-state index contributed by atoms with van der Waals surface area (Å²) in [5.41, 5.74) is 4.84. The summed E-state index contributed by atoms with van der Waals surface area (Å²) in [4.78, 5) is 25.1. The molecule has 176 valence electrons. The van der Waals surface area contributed by atoms with E-state index >= 15 is 0 Å². The first-order valence-electron chi connectivity index (χ1n) is 10.8. The summed E-state index contributed by atoms with van der Waals surface area (Å²) < 4.78 is 13.0. The van der Waals surface area contributed by atoms with Crippen LogP contribution in [-0.2, 0) is 6.42 Å². The number of hydrazone groups is 1. The molecule has 0 saturated carbocycles. The number of fused-ring (bicyclic) bond motifs is 1. The molecular weight excluding hydrogens is 469 g/mol. The van der Waals surface area contributed by atoms with Crippen LogP contribution in [0.1, 0.15) is 31.8 Å². The van der Waals surface area contributed by atoms with Gasteiger partial charge >= 0.3 is 0 Å². The minimum absolute atomic E-state index is 0.0687. The molecule has 0 spiro atoms. The molecule has 3 N–H and O–H groups in total. The summed E-state index contributed by atoms with van der Waals surface area (Å²) >= 11 is 5.85. The van der Waals surface area contributed by atoms with E-state index < -0.39 is 5.91 Å². The van der Waals surface area contributed by atoms with Gasteiger partial charge in [-0.1, -0.05) is 54.1 Å². The van der Waals surface area contributed by atoms with Crippen molar-refractivity contribution in [3.8, 4) is 5.75 Å². The molecule has 0 saturated heterocycles. The fourth-order valence-corrected chi connectivity index (χ4v) is 3.75. The molecule has 0 radical (unpaired) electrons. The standard InChI is InChI=1S/C27H21ClFN3O3/c28-24-15-18(8-12-25(24)33)26(34)32-31-16-19-7-11-23(22-4-2-1-3-21(19)22)27(35)30-14-13-17-5-9-20(29)10-6-17/h1-12,15-16,33H,13-14H2,(H,30,35)(H,32,34)/b31-16+. The van der Waals surface area contributed by atoms with E-state index in [4.69, 9.17) is 11.6 Å². The number of phenols is 1. The van der Waals surface area contributed by atoms with E-state index in [1.165, 1.54) is 36.5 Å². The maximum atomic E-state index is 13.0. The number of benzene rings is 4. The second-order valence-electron chi connectivity index (χ2n) is 7.75. The van der Waals surface area contributed by atoms with Crippen LogP contribution in [0.2, 0.25) is 5.02 Å². The van der Waals surface area contributed by atoms with Crippen LogP contribution in [0.25, 0.3) is 10.8 Å². The van der Waals surface area contributed by atoms with Gasteiger partial charge in [0.25, 0.3) is 11.8 Å². The summed E-state index contributed by atoms with van der Waals surface area (Å²) in [5, 5.41) is 18.0. The molecule has 35 heavy (non-hydrogen) atoms. The predicted molar refractivity (Wildman–Crippen MR) is 135 cm³/mol. The van der Waals surface area contributed by atoms with Gasteiger partial charge in [-0.05, 0) is 59.2 Å². The van der Waals surface area contributed by atoms with Crippen molar-refractivity contribution in [1.29, 1.82) is 0 Å². The number of carbonyl (C=O) groups excluding carboxylic acids is 2. The van der Waals surface area contributed by atoms with Crippen molar-refractivity contribution in [2.45, 2.75) is 6.42 Å². The summed E-state index contributed by atoms with van der Waals surface area (Å²) in [6, 6.07) is 21.2. The molecule has 0 aromatic heterocycles. The van der Waals surface area contributed by atoms with E-state index in [1.54, 1.807) is 24.3 Å². The number of carbonyl (C=O) groups is 2. The number of hydrogen-bond acceptors (Lipinski definition) is 4. The van der Waals surface area contributed by atoms with E-state index in [9.17, 15) is 19.1 Å². The molecule has 0 aliphatic carbocycles. The highest BCUT2D eigenvalue weighted by atomic mass is 35.5. The fraction of sp³-hybridized carbons (Fsp3) is 0.0741. The molecule has 0 aliphatic rings. The molecule has 6 nitrogen and oxygen atoms in total. The maximum absolute atomic E-state index is 13.0. The lowest BCUT2D eigenvalue weighted by Crippen LogP contribution is -2.26. The molecule has 0 unspecified atom stereocenters. The van der Waals surface area contributed by atoms with Gasteiger partial charge in [0.2, 0.25) is 0 Å². The van der Waals surface area contributed by atoms with Crippen LogP contribution in [-0.4, -0.2) is 29.7 Å². The Kier molecular flexibility index (Phi) is 7.38. The fourth-order valence-electron chi connectivity index (χ4n) is 3.57. The van der Waals surface area contributed by atoms with Gasteiger partial charge in [0.05, 0.1) is 11.2 Å². The SMILES string of the molecule is O=C(N/N=C/c1ccc(C(=O)NCCc2ccc(F)cc2)c2ccccc12)c1ccc(O)c(Cl)c1. The number of nitrogens with zero attached hydrogens (tertiary/aromatic N) is 1. The Morgan fingerprint density at radius 3 is 2.43 bits per heavy atom. The molecule has 4 aromatic rings. The Bertz CT molecular complexity index is 1420. The Hall–Kier alpha value is -4.23. The lowest BCUT2D eigenvalue weighted by atomic mass is 9.99. The average molecular weight is 490 g/mol. The third-order valence-corrected chi connectivity index (χ3v) is 5.70. The van der Waals surface area contributed by atoms with E-state index in [-0.39, 0.29) is 28.1 Å². The molecule has 0 fully saturated rings. The first kappa shape index (κ1) is 23.9. The molecule has 0 heterocycles. The molecule has 8 heteroatoms. The zero-order valence-corrected chi connectivity index (χ0v) is 19.2. The van der Waals surface area contributed by atoms with Gasteiger partial charge in [0.15, 0.2) is 0 Å². The van der Waals surface area contributed by atoms with Crippen LogP contribution >= 0.6 is 11.6 Å². The lowest BCUT2D eigenvalue weighted by molar-refractivity contribution is 0.0947. The largest absolute Gasteiger partial charge is 0.506 e. The van der Waals surface area contributed by atoms with Crippen molar-refractivity contribution in [1.82, 2.24) is 10.7 Å². The highest BCUT2D eigenvalue weighted by Crippen LogP contribution is 2.24. The van der Waals surface area contributed by atoms with Crippen molar-refractivity contribution in [2.75, 3.05) is 6.54 Å². The van der Waals surface area contributed by atoms with Gasteiger partial charge in [-0.25, -0.2) is 9.82 Å². The van der Waals surface area contributed by atoms with Gasteiger partial charge in [-0.3, -0.25) is 9.59 Å². The monoisotopic (exact) mass is 489 g/mol. The van der Waals surface area contributed by atoms with Crippen LogP contribution in [0.4, 0.5) is 4.39 Å². The van der Waals surface area contributed by atoms with Gasteiger partial charge in [0.1, 0.15) is 11.6 Å². The van der Waals surface area contributed by atoms with E-state index in [0.717, 1.165) is 16.3 Å². The Balaban J connectivity index is 1.45. The second kappa shape index (κ2) is 10.8. The molecule has 4 rings (SSSR count). The molecular formula is C27H21ClFN3O3. The highest BCUT2D eigenvalue weighted by Gasteiger charge is 2.12. The van der Waals surface area contributed by atoms with Gasteiger partial charge in [-0.2, -0.15) is 5.10 Å². The smallest absolute Gasteiger partial charge is 0.271 e. The zero-order chi connectivity index (χ0) is 24.8. The van der Waals surface area contributed by atoms with Crippen LogP contribution in [0, 0.1) is 5.82 Å². The number of rotatable bonds is 7. The molecule has 0 bridgehead atoms. The second-order valence-corrected chi connectivity index (χ2v) is 8.15. The number of nitrogens with one attached hydrogen (secondary N) is 2. The summed E-state index contributed by atoms with van der Waals surface area (Å²) in [6.07, 6.45) is 2.08. The quantitative estimate of drug-likeness (QED) is 0.250. The van der Waals surface area contributed by atoms with Gasteiger partial charge in [-0.15, -0.1) is 0 Å². The van der Waals surface area contributed by atoms with Crippen molar-refractivity contribution < 1.29 is 19.1 Å². The summed E-state index contributed by atoms with van der Waals surface area (Å²) in [7, 11) is 0. The molecule has 2 amide bonds. The number of halogens is 2. The summed E-state index contributed by atoms with van der Waals surface area (Å²) in [5.74, 6) is -1.11. The van der Waals surface area contributed by atoms with Crippen molar-refractivity contribution in [3.05, 3.63) is 112 Å². The molecule has 0 aliphatic heterocycles. The van der Waals surface area contributed by atoms with Crippen molar-refractivity contribution >= 4 is 40.4 Å². The van der Waals surface area contributed by atoms with Crippen LogP contribution < -0.4 is 10.7 Å². The lowest BCUT2D eigenvalue weighted by Gasteiger charge is -2.10. The highest BCUT2D eigenvalue weighted by molar-refractivity contribution is 6.32. The first-order valence-corrected chi connectivity index (χ1v) is 11.2. The van der Waals surface area contributed by atoms with Crippen molar-refractivity contribution in [3.63, 3.8) is 0 Å². The molecule has 0 atom stereocenters. The normalized spacial score (nSPS) is 11.0. The van der Waals surface area contributed by atoms with E-state index in [2.05, 4.69) is 15.8 Å². The Labute approximate surface area is 206 Å². The number of phenolic OH excluding ortho intramolecular Hbond substituents is 1. The van der Waals surface area contributed by atoms with Gasteiger partial charge in [0, 0.05) is 23.2 Å². The number of amides is 2. The predicted octanol–water partition coefficient (Wildman–Crippen LogP) is 5.07. The number of hydrogen-bond donors (Lipinski definition) is 3. The minimum Gasteiger partial charge on any atom is -0.506 e. The first-order chi connectivity index (χ1) is 16.9. The Morgan fingerprint density at radius 1 is 0.943 bits per heavy atom.